The molecule has 0 aliphatic carbocycles. The Morgan fingerprint density at radius 2 is 2.00 bits per heavy atom. The molecule has 0 aliphatic heterocycles. The average molecular weight is 387 g/mol. The summed E-state index contributed by atoms with van der Waals surface area (Å²) in [6, 6.07) is 10.1. The summed E-state index contributed by atoms with van der Waals surface area (Å²) >= 11 is 8.85. The Balaban J connectivity index is 1.92. The zero-order valence-electron chi connectivity index (χ0n) is 11.1. The Hall–Kier alpha value is -1.92. The number of hydrogen-bond donors (Lipinski definition) is 1. The first kappa shape index (κ1) is 16.5. The molecule has 0 bridgehead atoms. The van der Waals surface area contributed by atoms with Crippen molar-refractivity contribution >= 4 is 45.1 Å². The highest BCUT2D eigenvalue weighted by molar-refractivity contribution is 9.10. The molecule has 0 unspecified atom stereocenters. The molecule has 0 atom stereocenters. The van der Waals surface area contributed by atoms with Crippen LogP contribution in [0.4, 0.5) is 10.1 Å². The molecular weight excluding hydrogens is 377 g/mol. The van der Waals surface area contributed by atoms with E-state index in [1.807, 2.05) is 0 Å². The van der Waals surface area contributed by atoms with E-state index in [-0.39, 0.29) is 10.0 Å². The van der Waals surface area contributed by atoms with Crippen LogP contribution in [-0.4, -0.2) is 18.5 Å². The molecule has 0 radical (unpaired) electrons. The number of hydrogen-bond acceptors (Lipinski definition) is 3. The van der Waals surface area contributed by atoms with E-state index in [9.17, 15) is 14.0 Å². The molecule has 2 aromatic carbocycles. The Morgan fingerprint density at radius 3 is 2.68 bits per heavy atom. The first-order chi connectivity index (χ1) is 10.5. The standard InChI is InChI=1S/C15H10BrClFNO3/c16-13-7-10(18)4-5-12(13)15(21)22-8-14(20)19-11-3-1-2-9(17)6-11/h1-7H,8H2,(H,19,20). The monoisotopic (exact) mass is 385 g/mol. The van der Waals surface area contributed by atoms with E-state index in [1.165, 1.54) is 6.07 Å². The van der Waals surface area contributed by atoms with Crippen molar-refractivity contribution in [2.45, 2.75) is 0 Å². The van der Waals surface area contributed by atoms with Gasteiger partial charge in [-0.3, -0.25) is 4.79 Å². The van der Waals surface area contributed by atoms with Crippen molar-refractivity contribution < 1.29 is 18.7 Å². The lowest BCUT2D eigenvalue weighted by Crippen LogP contribution is -2.21. The Kier molecular flexibility index (Phi) is 5.51. The summed E-state index contributed by atoms with van der Waals surface area (Å²) in [5, 5.41) is 3.02. The molecule has 1 amide bonds. The summed E-state index contributed by atoms with van der Waals surface area (Å²) in [6.45, 7) is -0.463. The van der Waals surface area contributed by atoms with Crippen LogP contribution in [0.5, 0.6) is 0 Å². The first-order valence-electron chi connectivity index (χ1n) is 6.13. The van der Waals surface area contributed by atoms with Crippen molar-refractivity contribution in [3.63, 3.8) is 0 Å². The van der Waals surface area contributed by atoms with Gasteiger partial charge in [0.05, 0.1) is 5.56 Å². The van der Waals surface area contributed by atoms with E-state index in [1.54, 1.807) is 24.3 Å². The summed E-state index contributed by atoms with van der Waals surface area (Å²) in [5.74, 6) is -1.72. The zero-order chi connectivity index (χ0) is 16.1. The normalized spacial score (nSPS) is 10.1. The molecule has 7 heteroatoms. The molecule has 0 saturated heterocycles. The minimum absolute atomic E-state index is 0.136. The van der Waals surface area contributed by atoms with Crippen LogP contribution in [0.25, 0.3) is 0 Å². The van der Waals surface area contributed by atoms with Gasteiger partial charge in [-0.1, -0.05) is 17.7 Å². The van der Waals surface area contributed by atoms with E-state index >= 15 is 0 Å². The van der Waals surface area contributed by atoms with E-state index in [2.05, 4.69) is 21.2 Å². The topological polar surface area (TPSA) is 55.4 Å². The number of carbonyl (C=O) groups excluding carboxylic acids is 2. The van der Waals surface area contributed by atoms with Crippen molar-refractivity contribution in [2.24, 2.45) is 0 Å². The summed E-state index contributed by atoms with van der Waals surface area (Å²) in [5.41, 5.74) is 0.633. The summed E-state index contributed by atoms with van der Waals surface area (Å²) in [6.07, 6.45) is 0. The minimum Gasteiger partial charge on any atom is -0.452 e. The van der Waals surface area contributed by atoms with Crippen LogP contribution in [0.2, 0.25) is 5.02 Å². The molecular formula is C15H10BrClFNO3. The molecule has 4 nitrogen and oxygen atoms in total. The highest BCUT2D eigenvalue weighted by Crippen LogP contribution is 2.19. The Bertz CT molecular complexity index is 724. The summed E-state index contributed by atoms with van der Waals surface area (Å²) < 4.78 is 18.1. The lowest BCUT2D eigenvalue weighted by molar-refractivity contribution is -0.119. The predicted molar refractivity (Wildman–Crippen MR) is 84.5 cm³/mol. The molecule has 0 saturated carbocycles. The highest BCUT2D eigenvalue weighted by atomic mass is 79.9. The third-order valence-corrected chi connectivity index (χ3v) is 3.48. The van der Waals surface area contributed by atoms with Crippen LogP contribution in [0.3, 0.4) is 0 Å². The fraction of sp³-hybridized carbons (Fsp3) is 0.0667. The Morgan fingerprint density at radius 1 is 1.23 bits per heavy atom. The average Bonchev–Trinajstić information content (AvgIpc) is 2.45. The van der Waals surface area contributed by atoms with Gasteiger partial charge in [0.1, 0.15) is 5.82 Å². The molecule has 0 spiro atoms. The van der Waals surface area contributed by atoms with Crippen molar-refractivity contribution in [3.05, 3.63) is 63.3 Å². The Labute approximate surface area is 139 Å². The van der Waals surface area contributed by atoms with Crippen molar-refractivity contribution in [2.75, 3.05) is 11.9 Å². The van der Waals surface area contributed by atoms with E-state index in [0.29, 0.717) is 10.7 Å². The number of halogens is 3. The maximum atomic E-state index is 12.9. The van der Waals surface area contributed by atoms with Crippen LogP contribution in [0, 0.1) is 5.82 Å². The van der Waals surface area contributed by atoms with Crippen LogP contribution in [0.1, 0.15) is 10.4 Å². The summed E-state index contributed by atoms with van der Waals surface area (Å²) in [4.78, 5) is 23.5. The van der Waals surface area contributed by atoms with Gasteiger partial charge in [-0.25, -0.2) is 9.18 Å². The van der Waals surface area contributed by atoms with Crippen LogP contribution >= 0.6 is 27.5 Å². The molecule has 114 valence electrons. The predicted octanol–water partition coefficient (Wildman–Crippen LogP) is 4.04. The lowest BCUT2D eigenvalue weighted by atomic mass is 10.2. The van der Waals surface area contributed by atoms with Gasteiger partial charge in [0.2, 0.25) is 0 Å². The van der Waals surface area contributed by atoms with Crippen LogP contribution in [-0.2, 0) is 9.53 Å². The van der Waals surface area contributed by atoms with Gasteiger partial charge in [0.15, 0.2) is 6.61 Å². The second kappa shape index (κ2) is 7.38. The van der Waals surface area contributed by atoms with Crippen LogP contribution < -0.4 is 5.32 Å². The number of anilines is 1. The molecule has 2 rings (SSSR count). The number of carbonyl (C=O) groups is 2. The molecule has 0 aliphatic rings. The number of nitrogens with one attached hydrogen (secondary N) is 1. The van der Waals surface area contributed by atoms with Crippen LogP contribution in [0.15, 0.2) is 46.9 Å². The number of rotatable bonds is 4. The maximum Gasteiger partial charge on any atom is 0.339 e. The third kappa shape index (κ3) is 4.54. The van der Waals surface area contributed by atoms with Gasteiger partial charge < -0.3 is 10.1 Å². The van der Waals surface area contributed by atoms with Gasteiger partial charge in [-0.2, -0.15) is 0 Å². The number of benzene rings is 2. The fourth-order valence-corrected chi connectivity index (χ4v) is 2.33. The number of esters is 1. The van der Waals surface area contributed by atoms with Crippen molar-refractivity contribution in [3.8, 4) is 0 Å². The van der Waals surface area contributed by atoms with Crippen molar-refractivity contribution in [1.29, 1.82) is 0 Å². The molecule has 0 aromatic heterocycles. The van der Waals surface area contributed by atoms with Gasteiger partial charge in [-0.15, -0.1) is 0 Å². The number of amides is 1. The molecule has 1 N–H and O–H groups in total. The molecule has 2 aromatic rings. The van der Waals surface area contributed by atoms with Gasteiger partial charge >= 0.3 is 5.97 Å². The van der Waals surface area contributed by atoms with Gasteiger partial charge in [-0.05, 0) is 52.3 Å². The minimum atomic E-state index is -0.729. The summed E-state index contributed by atoms with van der Waals surface area (Å²) in [7, 11) is 0. The highest BCUT2D eigenvalue weighted by Gasteiger charge is 2.14. The van der Waals surface area contributed by atoms with E-state index in [0.717, 1.165) is 12.1 Å². The van der Waals surface area contributed by atoms with Gasteiger partial charge in [0, 0.05) is 15.2 Å². The lowest BCUT2D eigenvalue weighted by Gasteiger charge is -2.08. The second-order valence-corrected chi connectivity index (χ2v) is 5.55. The number of ether oxygens (including phenoxy) is 1. The zero-order valence-corrected chi connectivity index (χ0v) is 13.4. The molecule has 22 heavy (non-hydrogen) atoms. The quantitative estimate of drug-likeness (QED) is 0.807. The van der Waals surface area contributed by atoms with Gasteiger partial charge in [0.25, 0.3) is 5.91 Å². The SMILES string of the molecule is O=C(COC(=O)c1ccc(F)cc1Br)Nc1cccc(Cl)c1. The fourth-order valence-electron chi connectivity index (χ4n) is 1.63. The second-order valence-electron chi connectivity index (χ2n) is 4.26. The molecule has 0 heterocycles. The molecule has 0 fully saturated rings. The smallest absolute Gasteiger partial charge is 0.339 e. The largest absolute Gasteiger partial charge is 0.452 e. The first-order valence-corrected chi connectivity index (χ1v) is 7.30. The van der Waals surface area contributed by atoms with E-state index < -0.39 is 24.3 Å². The van der Waals surface area contributed by atoms with Crippen molar-refractivity contribution in [1.82, 2.24) is 0 Å². The third-order valence-electron chi connectivity index (χ3n) is 2.59. The van der Waals surface area contributed by atoms with E-state index in [4.69, 9.17) is 16.3 Å². The maximum absolute atomic E-state index is 12.9.